The van der Waals surface area contributed by atoms with Gasteiger partial charge in [0.15, 0.2) is 6.29 Å². The van der Waals surface area contributed by atoms with Gasteiger partial charge in [-0.25, -0.2) is 4.68 Å². The van der Waals surface area contributed by atoms with Crippen molar-refractivity contribution in [3.63, 3.8) is 0 Å². The number of aromatic nitrogens is 4. The van der Waals surface area contributed by atoms with E-state index in [1.807, 2.05) is 13.8 Å². The number of aryl methyl sites for hydroxylation is 2. The minimum absolute atomic E-state index is 0.431. The quantitative estimate of drug-likeness (QED) is 0.766. The maximum atomic E-state index is 11.0. The molecule has 94 valence electrons. The molecule has 0 bridgehead atoms. The van der Waals surface area contributed by atoms with Gasteiger partial charge < -0.3 is 4.52 Å². The second-order valence-corrected chi connectivity index (χ2v) is 4.71. The van der Waals surface area contributed by atoms with Gasteiger partial charge >= 0.3 is 0 Å². The Morgan fingerprint density at radius 2 is 2.22 bits per heavy atom. The summed E-state index contributed by atoms with van der Waals surface area (Å²) in [6, 6.07) is 0. The molecule has 1 fully saturated rings. The van der Waals surface area contributed by atoms with E-state index in [4.69, 9.17) is 4.52 Å². The highest BCUT2D eigenvalue weighted by molar-refractivity contribution is 5.73. The van der Waals surface area contributed by atoms with Crippen LogP contribution < -0.4 is 0 Å². The Balaban J connectivity index is 1.98. The number of rotatable bonds is 4. The van der Waals surface area contributed by atoms with Gasteiger partial charge in [-0.05, 0) is 26.7 Å². The van der Waals surface area contributed by atoms with E-state index in [2.05, 4.69) is 15.5 Å². The molecular weight excluding hydrogens is 232 g/mol. The largest absolute Gasteiger partial charge is 0.361 e. The lowest BCUT2D eigenvalue weighted by atomic mass is 10.2. The van der Waals surface area contributed by atoms with Crippen molar-refractivity contribution in [3.05, 3.63) is 28.4 Å². The second-order valence-electron chi connectivity index (χ2n) is 4.71. The van der Waals surface area contributed by atoms with E-state index in [1.54, 1.807) is 4.68 Å². The first-order chi connectivity index (χ1) is 8.70. The standard InChI is InChI=1S/C12H14N4O2/c1-7-10(8(2)18-14-7)5-16-12(9-3-4-9)11(6-17)13-15-16/h6,9H,3-5H2,1-2H3. The van der Waals surface area contributed by atoms with Gasteiger partial charge in [0.05, 0.1) is 17.9 Å². The van der Waals surface area contributed by atoms with Gasteiger partial charge in [-0.3, -0.25) is 4.79 Å². The summed E-state index contributed by atoms with van der Waals surface area (Å²) in [6.07, 6.45) is 3.00. The fourth-order valence-corrected chi connectivity index (χ4v) is 2.19. The Hall–Kier alpha value is -1.98. The van der Waals surface area contributed by atoms with Crippen molar-refractivity contribution in [2.24, 2.45) is 0 Å². The van der Waals surface area contributed by atoms with Crippen LogP contribution in [0.5, 0.6) is 0 Å². The first kappa shape index (κ1) is 11.1. The van der Waals surface area contributed by atoms with Gasteiger partial charge in [-0.1, -0.05) is 10.4 Å². The zero-order chi connectivity index (χ0) is 12.7. The molecule has 0 spiro atoms. The van der Waals surface area contributed by atoms with E-state index in [1.165, 1.54) is 0 Å². The SMILES string of the molecule is Cc1noc(C)c1Cn1nnc(C=O)c1C1CC1. The normalized spacial score (nSPS) is 15.0. The molecule has 0 unspecified atom stereocenters. The molecule has 1 aliphatic rings. The molecule has 6 heteroatoms. The minimum Gasteiger partial charge on any atom is -0.361 e. The first-order valence-corrected chi connectivity index (χ1v) is 6.01. The fourth-order valence-electron chi connectivity index (χ4n) is 2.19. The molecule has 1 saturated carbocycles. The van der Waals surface area contributed by atoms with Crippen LogP contribution in [-0.4, -0.2) is 26.4 Å². The minimum atomic E-state index is 0.431. The van der Waals surface area contributed by atoms with Crippen LogP contribution in [0.2, 0.25) is 0 Å². The van der Waals surface area contributed by atoms with Gasteiger partial charge in [0.25, 0.3) is 0 Å². The number of nitrogens with zero attached hydrogens (tertiary/aromatic N) is 4. The van der Waals surface area contributed by atoms with Crippen molar-refractivity contribution in [3.8, 4) is 0 Å². The third-order valence-corrected chi connectivity index (χ3v) is 3.37. The summed E-state index contributed by atoms with van der Waals surface area (Å²) in [5.41, 5.74) is 3.28. The number of aldehydes is 1. The zero-order valence-corrected chi connectivity index (χ0v) is 10.4. The van der Waals surface area contributed by atoms with Crippen LogP contribution in [0, 0.1) is 13.8 Å². The van der Waals surface area contributed by atoms with Gasteiger partial charge in [-0.2, -0.15) is 0 Å². The van der Waals surface area contributed by atoms with Gasteiger partial charge in [0.1, 0.15) is 11.5 Å². The Morgan fingerprint density at radius 3 is 2.78 bits per heavy atom. The molecule has 6 nitrogen and oxygen atoms in total. The third-order valence-electron chi connectivity index (χ3n) is 3.37. The summed E-state index contributed by atoms with van der Waals surface area (Å²) in [6.45, 7) is 4.34. The highest BCUT2D eigenvalue weighted by Crippen LogP contribution is 2.41. The average molecular weight is 246 g/mol. The van der Waals surface area contributed by atoms with Crippen LogP contribution in [0.15, 0.2) is 4.52 Å². The average Bonchev–Trinajstić information content (AvgIpc) is 3.06. The van der Waals surface area contributed by atoms with Crippen LogP contribution in [0.25, 0.3) is 0 Å². The van der Waals surface area contributed by atoms with Crippen molar-refractivity contribution >= 4 is 6.29 Å². The molecular formula is C12H14N4O2. The highest BCUT2D eigenvalue weighted by atomic mass is 16.5. The molecule has 0 aromatic carbocycles. The first-order valence-electron chi connectivity index (χ1n) is 6.01. The zero-order valence-electron chi connectivity index (χ0n) is 10.4. The van der Waals surface area contributed by atoms with E-state index in [-0.39, 0.29) is 0 Å². The summed E-state index contributed by atoms with van der Waals surface area (Å²) >= 11 is 0. The molecule has 0 atom stereocenters. The monoisotopic (exact) mass is 246 g/mol. The predicted molar refractivity (Wildman–Crippen MR) is 62.5 cm³/mol. The molecule has 18 heavy (non-hydrogen) atoms. The van der Waals surface area contributed by atoms with Gasteiger partial charge in [0, 0.05) is 11.5 Å². The number of carbonyl (C=O) groups excluding carboxylic acids is 1. The van der Waals surface area contributed by atoms with Crippen LogP contribution in [0.1, 0.15) is 52.0 Å². The van der Waals surface area contributed by atoms with Crippen molar-refractivity contribution in [2.45, 2.75) is 39.2 Å². The Morgan fingerprint density at radius 1 is 1.44 bits per heavy atom. The van der Waals surface area contributed by atoms with Crippen molar-refractivity contribution in [1.29, 1.82) is 0 Å². The summed E-state index contributed by atoms with van der Waals surface area (Å²) in [5, 5.41) is 11.9. The second kappa shape index (κ2) is 4.04. The molecule has 3 rings (SSSR count). The Labute approximate surface area is 104 Å². The predicted octanol–water partition coefficient (Wildman–Crippen LogP) is 1.62. The summed E-state index contributed by atoms with van der Waals surface area (Å²) in [7, 11) is 0. The molecule has 2 aromatic heterocycles. The maximum Gasteiger partial charge on any atom is 0.172 e. The smallest absolute Gasteiger partial charge is 0.172 e. The van der Waals surface area contributed by atoms with Gasteiger partial charge in [-0.15, -0.1) is 5.10 Å². The molecule has 0 amide bonds. The number of carbonyl (C=O) groups is 1. The van der Waals surface area contributed by atoms with Crippen LogP contribution >= 0.6 is 0 Å². The molecule has 2 heterocycles. The van der Waals surface area contributed by atoms with Crippen LogP contribution in [-0.2, 0) is 6.54 Å². The van der Waals surface area contributed by atoms with Crippen LogP contribution in [0.4, 0.5) is 0 Å². The van der Waals surface area contributed by atoms with E-state index < -0.39 is 0 Å². The lowest BCUT2D eigenvalue weighted by Crippen LogP contribution is -2.08. The molecule has 0 saturated heterocycles. The van der Waals surface area contributed by atoms with Crippen molar-refractivity contribution in [1.82, 2.24) is 20.2 Å². The summed E-state index contributed by atoms with van der Waals surface area (Å²) in [5.74, 6) is 1.22. The Bertz CT molecular complexity index is 576. The summed E-state index contributed by atoms with van der Waals surface area (Å²) in [4.78, 5) is 11.0. The van der Waals surface area contributed by atoms with Crippen LogP contribution in [0.3, 0.4) is 0 Å². The van der Waals surface area contributed by atoms with E-state index in [0.717, 1.165) is 41.8 Å². The third kappa shape index (κ3) is 1.73. The van der Waals surface area contributed by atoms with Crippen molar-refractivity contribution in [2.75, 3.05) is 0 Å². The molecule has 1 aliphatic carbocycles. The summed E-state index contributed by atoms with van der Waals surface area (Å²) < 4.78 is 6.94. The molecule has 0 radical (unpaired) electrons. The molecule has 2 aromatic rings. The van der Waals surface area contributed by atoms with E-state index in [9.17, 15) is 4.79 Å². The molecule has 0 aliphatic heterocycles. The molecule has 0 N–H and O–H groups in total. The number of hydrogen-bond donors (Lipinski definition) is 0. The lowest BCUT2D eigenvalue weighted by molar-refractivity contribution is 0.111. The van der Waals surface area contributed by atoms with E-state index >= 15 is 0 Å². The topological polar surface area (TPSA) is 73.8 Å². The van der Waals surface area contributed by atoms with E-state index in [0.29, 0.717) is 18.2 Å². The Kier molecular flexibility index (Phi) is 2.50. The van der Waals surface area contributed by atoms with Crippen molar-refractivity contribution < 1.29 is 9.32 Å². The maximum absolute atomic E-state index is 11.0. The van der Waals surface area contributed by atoms with Gasteiger partial charge in [0.2, 0.25) is 0 Å². The number of hydrogen-bond acceptors (Lipinski definition) is 5. The highest BCUT2D eigenvalue weighted by Gasteiger charge is 2.31. The lowest BCUT2D eigenvalue weighted by Gasteiger charge is -2.05. The fraction of sp³-hybridized carbons (Fsp3) is 0.500.